The van der Waals surface area contributed by atoms with Crippen LogP contribution in [0.5, 0.6) is 0 Å². The molecule has 2 aromatic heterocycles. The summed E-state index contributed by atoms with van der Waals surface area (Å²) in [5.74, 6) is 0. The minimum Gasteiger partial charge on any atom is -0.350 e. The van der Waals surface area contributed by atoms with E-state index in [1.54, 1.807) is 0 Å². The molecule has 3 aromatic rings. The first-order valence-corrected chi connectivity index (χ1v) is 7.16. The standard InChI is InChI=1S/C19H20N2/c1-5-9-17-14(6-2)12-19(21(17)4)16-13-20(3)18-11-8-7-10-15(16)18/h5-13H,1H2,2-4H3/b14-6-,17-9+. The van der Waals surface area contributed by atoms with Crippen molar-refractivity contribution in [3.05, 3.63) is 59.8 Å². The van der Waals surface area contributed by atoms with Crippen molar-refractivity contribution < 1.29 is 0 Å². The van der Waals surface area contributed by atoms with E-state index in [4.69, 9.17) is 0 Å². The number of hydrogen-bond donors (Lipinski definition) is 0. The summed E-state index contributed by atoms with van der Waals surface area (Å²) in [6.07, 6.45) is 8.25. The van der Waals surface area contributed by atoms with Gasteiger partial charge in [0.15, 0.2) is 0 Å². The van der Waals surface area contributed by atoms with Gasteiger partial charge in [-0.15, -0.1) is 0 Å². The minimum absolute atomic E-state index is 1.19. The van der Waals surface area contributed by atoms with Crippen LogP contribution in [-0.4, -0.2) is 9.13 Å². The predicted octanol–water partition coefficient (Wildman–Crippen LogP) is 2.95. The molecule has 3 rings (SSSR count). The van der Waals surface area contributed by atoms with Gasteiger partial charge in [-0.1, -0.05) is 36.9 Å². The van der Waals surface area contributed by atoms with Crippen LogP contribution in [0.15, 0.2) is 49.2 Å². The summed E-state index contributed by atoms with van der Waals surface area (Å²) < 4.78 is 4.42. The van der Waals surface area contributed by atoms with E-state index in [9.17, 15) is 0 Å². The van der Waals surface area contributed by atoms with E-state index < -0.39 is 0 Å². The Balaban J connectivity index is 2.40. The van der Waals surface area contributed by atoms with Gasteiger partial charge in [0.25, 0.3) is 0 Å². The maximum absolute atomic E-state index is 3.82. The molecule has 0 amide bonds. The first kappa shape index (κ1) is 13.5. The van der Waals surface area contributed by atoms with Crippen molar-refractivity contribution in [2.75, 3.05) is 0 Å². The Morgan fingerprint density at radius 2 is 1.90 bits per heavy atom. The molecule has 0 aliphatic carbocycles. The van der Waals surface area contributed by atoms with Crippen molar-refractivity contribution in [3.8, 4) is 11.3 Å². The van der Waals surface area contributed by atoms with Crippen LogP contribution in [-0.2, 0) is 14.1 Å². The number of fused-ring (bicyclic) bond motifs is 1. The second-order valence-corrected chi connectivity index (χ2v) is 5.29. The number of rotatable bonds is 2. The molecule has 2 heterocycles. The molecule has 0 fully saturated rings. The molecule has 0 aliphatic heterocycles. The summed E-state index contributed by atoms with van der Waals surface area (Å²) in [5.41, 5.74) is 3.75. The molecule has 0 bridgehead atoms. The van der Waals surface area contributed by atoms with Crippen molar-refractivity contribution in [2.24, 2.45) is 14.1 Å². The number of allylic oxidation sites excluding steroid dienone is 1. The molecule has 1 aromatic carbocycles. The third kappa shape index (κ3) is 2.04. The highest BCUT2D eigenvalue weighted by Gasteiger charge is 2.11. The van der Waals surface area contributed by atoms with Gasteiger partial charge in [0.2, 0.25) is 0 Å². The van der Waals surface area contributed by atoms with Crippen LogP contribution >= 0.6 is 0 Å². The van der Waals surface area contributed by atoms with Crippen LogP contribution in [0.25, 0.3) is 34.3 Å². The van der Waals surface area contributed by atoms with E-state index >= 15 is 0 Å². The zero-order chi connectivity index (χ0) is 15.0. The molecule has 106 valence electrons. The molecule has 0 N–H and O–H groups in total. The molecule has 0 saturated heterocycles. The van der Waals surface area contributed by atoms with E-state index in [0.29, 0.717) is 0 Å². The van der Waals surface area contributed by atoms with Crippen LogP contribution in [0, 0.1) is 0 Å². The lowest BCUT2D eigenvalue weighted by Gasteiger charge is -2.02. The highest BCUT2D eigenvalue weighted by Crippen LogP contribution is 2.28. The van der Waals surface area contributed by atoms with Crippen molar-refractivity contribution in [1.29, 1.82) is 0 Å². The van der Waals surface area contributed by atoms with Gasteiger partial charge in [-0.2, -0.15) is 0 Å². The zero-order valence-corrected chi connectivity index (χ0v) is 12.8. The summed E-state index contributed by atoms with van der Waals surface area (Å²) in [4.78, 5) is 0. The molecule has 2 heteroatoms. The van der Waals surface area contributed by atoms with Crippen LogP contribution in [0.2, 0.25) is 0 Å². The van der Waals surface area contributed by atoms with Gasteiger partial charge >= 0.3 is 0 Å². The average molecular weight is 276 g/mol. The number of benzene rings is 1. The minimum atomic E-state index is 1.19. The molecule has 0 saturated carbocycles. The topological polar surface area (TPSA) is 9.86 Å². The zero-order valence-electron chi connectivity index (χ0n) is 12.8. The highest BCUT2D eigenvalue weighted by atomic mass is 15.0. The molecule has 0 atom stereocenters. The van der Waals surface area contributed by atoms with E-state index in [0.717, 1.165) is 0 Å². The fraction of sp³-hybridized carbons (Fsp3) is 0.158. The summed E-state index contributed by atoms with van der Waals surface area (Å²) in [6, 6.07) is 10.8. The monoisotopic (exact) mass is 276 g/mol. The number of para-hydroxylation sites is 1. The van der Waals surface area contributed by atoms with Crippen LogP contribution in [0.1, 0.15) is 6.92 Å². The SMILES string of the molecule is C=C/C=c1\c(=C/C)cc(-c2cn(C)c3ccccc23)n1C. The average Bonchev–Trinajstić information content (AvgIpc) is 2.99. The first-order chi connectivity index (χ1) is 10.2. The van der Waals surface area contributed by atoms with Gasteiger partial charge in [-0.25, -0.2) is 0 Å². The summed E-state index contributed by atoms with van der Waals surface area (Å²) in [7, 11) is 4.21. The molecule has 0 radical (unpaired) electrons. The molecular formula is C19H20N2. The predicted molar refractivity (Wildman–Crippen MR) is 91.4 cm³/mol. The van der Waals surface area contributed by atoms with Crippen LogP contribution in [0.4, 0.5) is 0 Å². The van der Waals surface area contributed by atoms with Gasteiger partial charge in [-0.05, 0) is 30.4 Å². The van der Waals surface area contributed by atoms with E-state index in [2.05, 4.69) is 85.4 Å². The fourth-order valence-electron chi connectivity index (χ4n) is 3.00. The largest absolute Gasteiger partial charge is 0.350 e. The van der Waals surface area contributed by atoms with Crippen molar-refractivity contribution in [1.82, 2.24) is 9.13 Å². The van der Waals surface area contributed by atoms with Gasteiger partial charge in [-0.3, -0.25) is 0 Å². The molecular weight excluding hydrogens is 256 g/mol. The third-order valence-corrected chi connectivity index (χ3v) is 4.07. The third-order valence-electron chi connectivity index (χ3n) is 4.07. The molecule has 2 nitrogen and oxygen atoms in total. The summed E-state index contributed by atoms with van der Waals surface area (Å²) >= 11 is 0. The number of hydrogen-bond acceptors (Lipinski definition) is 0. The number of nitrogens with zero attached hydrogens (tertiary/aromatic N) is 2. The maximum atomic E-state index is 3.82. The number of aromatic nitrogens is 2. The Morgan fingerprint density at radius 1 is 1.14 bits per heavy atom. The lowest BCUT2D eigenvalue weighted by atomic mass is 10.1. The van der Waals surface area contributed by atoms with Crippen molar-refractivity contribution >= 4 is 23.1 Å². The van der Waals surface area contributed by atoms with Gasteiger partial charge in [0, 0.05) is 42.1 Å². The van der Waals surface area contributed by atoms with E-state index in [1.165, 1.54) is 32.7 Å². The van der Waals surface area contributed by atoms with E-state index in [1.807, 2.05) is 6.08 Å². The Labute approximate surface area is 124 Å². The first-order valence-electron chi connectivity index (χ1n) is 7.16. The second kappa shape index (κ2) is 5.13. The van der Waals surface area contributed by atoms with Crippen molar-refractivity contribution in [2.45, 2.75) is 6.92 Å². The lowest BCUT2D eigenvalue weighted by Crippen LogP contribution is -2.26. The van der Waals surface area contributed by atoms with Gasteiger partial charge < -0.3 is 9.13 Å². The van der Waals surface area contributed by atoms with E-state index in [-0.39, 0.29) is 0 Å². The lowest BCUT2D eigenvalue weighted by molar-refractivity contribution is 0.895. The van der Waals surface area contributed by atoms with Gasteiger partial charge in [0.1, 0.15) is 0 Å². The maximum Gasteiger partial charge on any atom is 0.0510 e. The highest BCUT2D eigenvalue weighted by molar-refractivity contribution is 5.95. The Hall–Kier alpha value is -2.48. The summed E-state index contributed by atoms with van der Waals surface area (Å²) in [6.45, 7) is 5.89. The van der Waals surface area contributed by atoms with Crippen molar-refractivity contribution in [3.63, 3.8) is 0 Å². The Morgan fingerprint density at radius 3 is 2.62 bits per heavy atom. The quantitative estimate of drug-likeness (QED) is 0.681. The fourth-order valence-corrected chi connectivity index (χ4v) is 3.00. The smallest absolute Gasteiger partial charge is 0.0510 e. The normalized spacial score (nSPS) is 13.3. The number of aryl methyl sites for hydroxylation is 1. The summed E-state index contributed by atoms with van der Waals surface area (Å²) in [5, 5.41) is 3.71. The van der Waals surface area contributed by atoms with Crippen LogP contribution in [0.3, 0.4) is 0 Å². The Kier molecular flexibility index (Phi) is 3.30. The molecule has 0 aliphatic rings. The second-order valence-electron chi connectivity index (χ2n) is 5.29. The van der Waals surface area contributed by atoms with Gasteiger partial charge in [0.05, 0.1) is 5.69 Å². The Bertz CT molecular complexity index is 936. The molecule has 21 heavy (non-hydrogen) atoms. The van der Waals surface area contributed by atoms with Crippen LogP contribution < -0.4 is 10.6 Å². The molecule has 0 unspecified atom stereocenters. The molecule has 0 spiro atoms.